The lowest BCUT2D eigenvalue weighted by molar-refractivity contribution is -0.125. The summed E-state index contributed by atoms with van der Waals surface area (Å²) in [7, 11) is 0. The molecule has 25 heavy (non-hydrogen) atoms. The van der Waals surface area contributed by atoms with Crippen molar-refractivity contribution < 1.29 is 14.3 Å². The van der Waals surface area contributed by atoms with Crippen molar-refractivity contribution in [3.05, 3.63) is 23.8 Å². The maximum Gasteiger partial charge on any atom is 0.378 e. The van der Waals surface area contributed by atoms with Gasteiger partial charge in [-0.3, -0.25) is 4.79 Å². The number of carbonyl (C=O) groups excluding carboxylic acids is 2. The highest BCUT2D eigenvalue weighted by atomic mass is 16.5. The molecule has 0 bridgehead atoms. The molecule has 2 aromatic heterocycles. The first-order chi connectivity index (χ1) is 12.0. The molecular weight excluding hydrogens is 322 g/mol. The summed E-state index contributed by atoms with van der Waals surface area (Å²) in [4.78, 5) is 32.2. The van der Waals surface area contributed by atoms with E-state index >= 15 is 0 Å². The second-order valence-electron chi connectivity index (χ2n) is 6.75. The van der Waals surface area contributed by atoms with Gasteiger partial charge in [-0.25, -0.2) is 14.3 Å². The molecule has 2 heterocycles. The highest BCUT2D eigenvalue weighted by Crippen LogP contribution is 2.29. The normalized spacial score (nSPS) is 23.4. The van der Waals surface area contributed by atoms with Gasteiger partial charge in [0.25, 0.3) is 17.5 Å². The van der Waals surface area contributed by atoms with Crippen LogP contribution in [-0.4, -0.2) is 44.1 Å². The van der Waals surface area contributed by atoms with Crippen LogP contribution in [0.4, 0.5) is 0 Å². The Morgan fingerprint density at radius 2 is 2.16 bits per heavy atom. The average molecular weight is 345 g/mol. The first-order valence-electron chi connectivity index (χ1n) is 8.60. The van der Waals surface area contributed by atoms with Gasteiger partial charge in [-0.15, -0.1) is 5.10 Å². The highest BCUT2D eigenvalue weighted by molar-refractivity contribution is 5.88. The molecule has 2 aromatic rings. The Hall–Kier alpha value is -2.51. The van der Waals surface area contributed by atoms with E-state index in [2.05, 4.69) is 34.2 Å². The van der Waals surface area contributed by atoms with Crippen molar-refractivity contribution in [1.29, 1.82) is 0 Å². The van der Waals surface area contributed by atoms with Crippen molar-refractivity contribution in [2.45, 2.75) is 46.1 Å². The summed E-state index contributed by atoms with van der Waals surface area (Å²) in [6.45, 7) is 5.85. The Bertz CT molecular complexity index is 788. The summed E-state index contributed by atoms with van der Waals surface area (Å²) in [6.07, 6.45) is 4.85. The van der Waals surface area contributed by atoms with Crippen LogP contribution in [0.2, 0.25) is 0 Å². The molecule has 0 radical (unpaired) electrons. The molecule has 1 N–H and O–H groups in total. The monoisotopic (exact) mass is 345 g/mol. The second-order valence-corrected chi connectivity index (χ2v) is 6.75. The molecule has 1 fully saturated rings. The predicted octanol–water partition coefficient (Wildman–Crippen LogP) is 1.53. The molecule has 3 atom stereocenters. The lowest BCUT2D eigenvalue weighted by Crippen LogP contribution is -2.45. The molecule has 3 rings (SSSR count). The molecule has 1 aliphatic carbocycles. The number of esters is 1. The van der Waals surface area contributed by atoms with Crippen LogP contribution in [0.1, 0.15) is 49.4 Å². The Labute approximate surface area is 146 Å². The van der Waals surface area contributed by atoms with Crippen LogP contribution in [-0.2, 0) is 9.53 Å². The quantitative estimate of drug-likeness (QED) is 0.844. The van der Waals surface area contributed by atoms with Crippen molar-refractivity contribution in [1.82, 2.24) is 24.9 Å². The fourth-order valence-corrected chi connectivity index (χ4v) is 3.22. The largest absolute Gasteiger partial charge is 0.450 e. The third-order valence-corrected chi connectivity index (χ3v) is 5.00. The van der Waals surface area contributed by atoms with E-state index < -0.39 is 5.97 Å². The molecule has 0 aliphatic heterocycles. The van der Waals surface area contributed by atoms with Crippen LogP contribution < -0.4 is 5.32 Å². The number of nitrogens with zero attached hydrogens (tertiary/aromatic N) is 4. The highest BCUT2D eigenvalue weighted by Gasteiger charge is 2.28. The minimum absolute atomic E-state index is 0.103. The summed E-state index contributed by atoms with van der Waals surface area (Å²) in [5, 5.41) is 7.03. The minimum Gasteiger partial charge on any atom is -0.450 e. The van der Waals surface area contributed by atoms with Crippen LogP contribution in [0.25, 0.3) is 5.78 Å². The van der Waals surface area contributed by atoms with Gasteiger partial charge >= 0.3 is 5.97 Å². The number of aryl methyl sites for hydroxylation is 1. The summed E-state index contributed by atoms with van der Waals surface area (Å²) < 4.78 is 6.51. The molecular formula is C17H23N5O3. The van der Waals surface area contributed by atoms with Crippen molar-refractivity contribution in [3.63, 3.8) is 0 Å². The predicted molar refractivity (Wildman–Crippen MR) is 89.9 cm³/mol. The van der Waals surface area contributed by atoms with Crippen molar-refractivity contribution in [3.8, 4) is 0 Å². The van der Waals surface area contributed by atoms with E-state index in [1.165, 1.54) is 10.9 Å². The molecule has 0 aromatic carbocycles. The Morgan fingerprint density at radius 1 is 1.36 bits per heavy atom. The maximum atomic E-state index is 12.1. The van der Waals surface area contributed by atoms with E-state index in [0.29, 0.717) is 17.6 Å². The second kappa shape index (κ2) is 7.16. The van der Waals surface area contributed by atoms with Crippen molar-refractivity contribution >= 4 is 17.7 Å². The number of carbonyl (C=O) groups is 2. The molecule has 1 amide bonds. The topological polar surface area (TPSA) is 98.5 Å². The molecule has 1 aliphatic rings. The number of hydrogen-bond donors (Lipinski definition) is 1. The maximum absolute atomic E-state index is 12.1. The van der Waals surface area contributed by atoms with E-state index in [0.717, 1.165) is 18.5 Å². The van der Waals surface area contributed by atoms with Gasteiger partial charge in [0.05, 0.1) is 0 Å². The van der Waals surface area contributed by atoms with Gasteiger partial charge in [-0.2, -0.15) is 4.98 Å². The van der Waals surface area contributed by atoms with Gasteiger partial charge in [0, 0.05) is 17.9 Å². The Balaban J connectivity index is 1.56. The fraction of sp³-hybridized carbons (Fsp3) is 0.588. The standard InChI is InChI=1S/C17H23N5O3/c1-10-5-4-6-13(12(10)3)19-14(23)9-25-16(24)15-20-17-18-8-7-11(2)22(17)21-15/h7-8,10,12-13H,4-6,9H2,1-3H3,(H,19,23)/t10-,12-,13-/m1/s1. The van der Waals surface area contributed by atoms with Crippen LogP contribution >= 0.6 is 0 Å². The van der Waals surface area contributed by atoms with E-state index in [1.54, 1.807) is 12.3 Å². The number of fused-ring (bicyclic) bond motifs is 1. The van der Waals surface area contributed by atoms with Crippen LogP contribution in [0, 0.1) is 18.8 Å². The van der Waals surface area contributed by atoms with Gasteiger partial charge in [-0.1, -0.05) is 26.7 Å². The summed E-state index contributed by atoms with van der Waals surface area (Å²) in [5.74, 6) is 0.195. The van der Waals surface area contributed by atoms with Crippen LogP contribution in [0.3, 0.4) is 0 Å². The van der Waals surface area contributed by atoms with Gasteiger partial charge < -0.3 is 10.1 Å². The third kappa shape index (κ3) is 3.78. The van der Waals surface area contributed by atoms with E-state index in [1.807, 2.05) is 6.92 Å². The molecule has 0 unspecified atom stereocenters. The first-order valence-corrected chi connectivity index (χ1v) is 8.60. The number of aromatic nitrogens is 4. The molecule has 0 spiro atoms. The molecule has 1 saturated carbocycles. The lowest BCUT2D eigenvalue weighted by Gasteiger charge is -2.34. The van der Waals surface area contributed by atoms with Gasteiger partial charge in [0.1, 0.15) is 0 Å². The zero-order valence-corrected chi connectivity index (χ0v) is 14.7. The Kier molecular flexibility index (Phi) is 4.96. The summed E-state index contributed by atoms with van der Waals surface area (Å²) >= 11 is 0. The molecule has 134 valence electrons. The average Bonchev–Trinajstić information content (AvgIpc) is 3.03. The molecule has 8 heteroatoms. The van der Waals surface area contributed by atoms with E-state index in [9.17, 15) is 9.59 Å². The van der Waals surface area contributed by atoms with Gasteiger partial charge in [0.2, 0.25) is 0 Å². The van der Waals surface area contributed by atoms with Gasteiger partial charge in [-0.05, 0) is 31.2 Å². The third-order valence-electron chi connectivity index (χ3n) is 5.00. The van der Waals surface area contributed by atoms with E-state index in [-0.39, 0.29) is 24.4 Å². The molecule has 8 nitrogen and oxygen atoms in total. The fourth-order valence-electron chi connectivity index (χ4n) is 3.22. The minimum atomic E-state index is -0.731. The number of ether oxygens (including phenoxy) is 1. The lowest BCUT2D eigenvalue weighted by atomic mass is 9.78. The van der Waals surface area contributed by atoms with Crippen molar-refractivity contribution in [2.75, 3.05) is 6.61 Å². The summed E-state index contributed by atoms with van der Waals surface area (Å²) in [5.41, 5.74) is 0.801. The van der Waals surface area contributed by atoms with Gasteiger partial charge in [0.15, 0.2) is 6.61 Å². The number of rotatable bonds is 4. The Morgan fingerprint density at radius 3 is 2.92 bits per heavy atom. The SMILES string of the molecule is Cc1ccnc2nc(C(=O)OCC(=O)N[C@@H]3CCC[C@@H](C)[C@H]3C)nn12. The van der Waals surface area contributed by atoms with Crippen molar-refractivity contribution in [2.24, 2.45) is 11.8 Å². The zero-order valence-electron chi connectivity index (χ0n) is 14.7. The number of hydrogen-bond acceptors (Lipinski definition) is 6. The smallest absolute Gasteiger partial charge is 0.378 e. The van der Waals surface area contributed by atoms with E-state index in [4.69, 9.17) is 4.74 Å². The first kappa shape index (κ1) is 17.3. The number of nitrogens with one attached hydrogen (secondary N) is 1. The molecule has 0 saturated heterocycles. The number of amides is 1. The summed E-state index contributed by atoms with van der Waals surface area (Å²) in [6, 6.07) is 1.89. The van der Waals surface area contributed by atoms with Crippen LogP contribution in [0.15, 0.2) is 12.3 Å². The zero-order chi connectivity index (χ0) is 18.0. The van der Waals surface area contributed by atoms with Crippen LogP contribution in [0.5, 0.6) is 0 Å².